The molecule has 0 bridgehead atoms. The SMILES string of the molecule is CCc1nc(CNS(=O)(=O)Cc2ccccc2[N+](=O)[O-])cs1. The summed E-state index contributed by atoms with van der Waals surface area (Å²) in [6.07, 6.45) is 0.799. The molecular weight excluding hydrogens is 326 g/mol. The van der Waals surface area contributed by atoms with Gasteiger partial charge < -0.3 is 0 Å². The van der Waals surface area contributed by atoms with E-state index in [0.29, 0.717) is 5.69 Å². The van der Waals surface area contributed by atoms with Gasteiger partial charge >= 0.3 is 0 Å². The van der Waals surface area contributed by atoms with Crippen LogP contribution < -0.4 is 4.72 Å². The topological polar surface area (TPSA) is 102 Å². The lowest BCUT2D eigenvalue weighted by Crippen LogP contribution is -2.25. The third kappa shape index (κ3) is 4.33. The molecule has 0 aliphatic carbocycles. The quantitative estimate of drug-likeness (QED) is 0.614. The summed E-state index contributed by atoms with van der Waals surface area (Å²) in [6, 6.07) is 5.81. The minimum atomic E-state index is -3.68. The van der Waals surface area contributed by atoms with Crippen LogP contribution in [0, 0.1) is 10.1 Å². The first-order chi connectivity index (χ1) is 10.4. The van der Waals surface area contributed by atoms with E-state index in [1.165, 1.54) is 29.5 Å². The van der Waals surface area contributed by atoms with Crippen LogP contribution in [0.2, 0.25) is 0 Å². The Morgan fingerprint density at radius 2 is 2.09 bits per heavy atom. The second kappa shape index (κ2) is 6.95. The highest BCUT2D eigenvalue weighted by molar-refractivity contribution is 7.88. The molecule has 0 fully saturated rings. The molecule has 9 heteroatoms. The molecule has 0 radical (unpaired) electrons. The highest BCUT2D eigenvalue weighted by Crippen LogP contribution is 2.20. The van der Waals surface area contributed by atoms with Gasteiger partial charge in [0.15, 0.2) is 0 Å². The highest BCUT2D eigenvalue weighted by atomic mass is 32.2. The molecule has 0 saturated carbocycles. The van der Waals surface area contributed by atoms with Crippen LogP contribution in [0.15, 0.2) is 29.6 Å². The van der Waals surface area contributed by atoms with Crippen LogP contribution >= 0.6 is 11.3 Å². The van der Waals surface area contributed by atoms with E-state index in [0.717, 1.165) is 11.4 Å². The van der Waals surface area contributed by atoms with Crippen LogP contribution in [0.1, 0.15) is 23.2 Å². The Kier molecular flexibility index (Phi) is 5.22. The number of rotatable bonds is 7. The number of thiazole rings is 1. The summed E-state index contributed by atoms with van der Waals surface area (Å²) in [5, 5.41) is 13.6. The number of aromatic nitrogens is 1. The van der Waals surface area contributed by atoms with Crippen molar-refractivity contribution in [3.8, 4) is 0 Å². The minimum Gasteiger partial charge on any atom is -0.258 e. The van der Waals surface area contributed by atoms with Crippen LogP contribution in [0.5, 0.6) is 0 Å². The van der Waals surface area contributed by atoms with Gasteiger partial charge in [-0.3, -0.25) is 10.1 Å². The fraction of sp³-hybridized carbons (Fsp3) is 0.308. The molecule has 1 aromatic heterocycles. The average Bonchev–Trinajstić information content (AvgIpc) is 2.93. The normalized spacial score (nSPS) is 11.5. The van der Waals surface area contributed by atoms with Gasteiger partial charge in [0.05, 0.1) is 27.9 Å². The second-order valence-corrected chi connectivity index (χ2v) is 7.30. The van der Waals surface area contributed by atoms with Gasteiger partial charge in [-0.1, -0.05) is 25.1 Å². The maximum Gasteiger partial charge on any atom is 0.273 e. The van der Waals surface area contributed by atoms with Crippen molar-refractivity contribution in [3.05, 3.63) is 56.0 Å². The lowest BCUT2D eigenvalue weighted by Gasteiger charge is -2.06. The molecule has 1 aromatic carbocycles. The van der Waals surface area contributed by atoms with Crippen LogP contribution in [0.4, 0.5) is 5.69 Å². The maximum absolute atomic E-state index is 12.1. The third-order valence-corrected chi connectivity index (χ3v) is 5.23. The van der Waals surface area contributed by atoms with Gasteiger partial charge in [0.2, 0.25) is 10.0 Å². The number of nitrogens with zero attached hydrogens (tertiary/aromatic N) is 2. The summed E-state index contributed by atoms with van der Waals surface area (Å²) < 4.78 is 26.6. The van der Waals surface area contributed by atoms with Crippen LogP contribution in [-0.4, -0.2) is 18.3 Å². The number of sulfonamides is 1. The standard InChI is InChI=1S/C13H15N3O4S2/c1-2-13-15-11(8-21-13)7-14-22(19,20)9-10-5-3-4-6-12(10)16(17)18/h3-6,8,14H,2,7,9H2,1H3. The molecule has 2 rings (SSSR count). The Bertz CT molecular complexity index is 771. The molecule has 0 amide bonds. The van der Waals surface area contributed by atoms with Gasteiger partial charge in [0.25, 0.3) is 5.69 Å². The van der Waals surface area contributed by atoms with E-state index in [4.69, 9.17) is 0 Å². The van der Waals surface area contributed by atoms with Crippen molar-refractivity contribution in [1.29, 1.82) is 0 Å². The third-order valence-electron chi connectivity index (χ3n) is 2.91. The Labute approximate surface area is 132 Å². The van der Waals surface area contributed by atoms with Gasteiger partial charge in [-0.2, -0.15) is 0 Å². The Balaban J connectivity index is 2.06. The molecule has 2 aromatic rings. The fourth-order valence-electron chi connectivity index (χ4n) is 1.84. The zero-order valence-corrected chi connectivity index (χ0v) is 13.5. The second-order valence-electron chi connectivity index (χ2n) is 4.55. The zero-order chi connectivity index (χ0) is 16.2. The first kappa shape index (κ1) is 16.5. The number of hydrogen-bond acceptors (Lipinski definition) is 6. The molecule has 0 unspecified atom stereocenters. The average molecular weight is 341 g/mol. The Morgan fingerprint density at radius 3 is 2.73 bits per heavy atom. The number of benzene rings is 1. The van der Waals surface area contributed by atoms with Crippen molar-refractivity contribution in [3.63, 3.8) is 0 Å². The predicted molar refractivity (Wildman–Crippen MR) is 84.1 cm³/mol. The van der Waals surface area contributed by atoms with Crippen molar-refractivity contribution in [2.24, 2.45) is 0 Å². The molecule has 0 aliphatic rings. The first-order valence-corrected chi connectivity index (χ1v) is 9.07. The van der Waals surface area contributed by atoms with Gasteiger partial charge in [-0.05, 0) is 6.42 Å². The number of aryl methyl sites for hydroxylation is 1. The molecule has 0 spiro atoms. The Hall–Kier alpha value is -1.84. The summed E-state index contributed by atoms with van der Waals surface area (Å²) >= 11 is 1.48. The molecule has 7 nitrogen and oxygen atoms in total. The van der Waals surface area contributed by atoms with Crippen molar-refractivity contribution < 1.29 is 13.3 Å². The van der Waals surface area contributed by atoms with E-state index in [9.17, 15) is 18.5 Å². The molecule has 0 saturated heterocycles. The van der Waals surface area contributed by atoms with E-state index >= 15 is 0 Å². The molecular formula is C13H15N3O4S2. The zero-order valence-electron chi connectivity index (χ0n) is 11.9. The number of hydrogen-bond donors (Lipinski definition) is 1. The van der Waals surface area contributed by atoms with E-state index in [2.05, 4.69) is 9.71 Å². The fourth-order valence-corrected chi connectivity index (χ4v) is 3.71. The van der Waals surface area contributed by atoms with Crippen molar-refractivity contribution >= 4 is 27.0 Å². The molecule has 0 aliphatic heterocycles. The van der Waals surface area contributed by atoms with Crippen LogP contribution in [0.25, 0.3) is 0 Å². The summed E-state index contributed by atoms with van der Waals surface area (Å²) in [5.74, 6) is -0.436. The highest BCUT2D eigenvalue weighted by Gasteiger charge is 2.19. The summed E-state index contributed by atoms with van der Waals surface area (Å²) in [5.41, 5.74) is 0.607. The number of nitro benzene ring substituents is 1. The summed E-state index contributed by atoms with van der Waals surface area (Å²) in [7, 11) is -3.68. The Morgan fingerprint density at radius 1 is 1.36 bits per heavy atom. The molecule has 0 atom stereocenters. The van der Waals surface area contributed by atoms with Crippen molar-refractivity contribution in [2.45, 2.75) is 25.6 Å². The maximum atomic E-state index is 12.1. The predicted octanol–water partition coefficient (Wildman–Crippen LogP) is 2.23. The van der Waals surface area contributed by atoms with Gasteiger partial charge in [0, 0.05) is 17.0 Å². The largest absolute Gasteiger partial charge is 0.273 e. The number of nitrogens with one attached hydrogen (secondary N) is 1. The monoisotopic (exact) mass is 341 g/mol. The molecule has 22 heavy (non-hydrogen) atoms. The van der Waals surface area contributed by atoms with Crippen molar-refractivity contribution in [2.75, 3.05) is 0 Å². The number of para-hydroxylation sites is 1. The summed E-state index contributed by atoms with van der Waals surface area (Å²) in [4.78, 5) is 14.6. The number of nitro groups is 1. The van der Waals surface area contributed by atoms with E-state index in [-0.39, 0.29) is 17.8 Å². The van der Waals surface area contributed by atoms with E-state index < -0.39 is 20.7 Å². The first-order valence-electron chi connectivity index (χ1n) is 6.54. The van der Waals surface area contributed by atoms with Gasteiger partial charge in [-0.15, -0.1) is 11.3 Å². The van der Waals surface area contributed by atoms with E-state index in [1.807, 2.05) is 6.92 Å². The van der Waals surface area contributed by atoms with Crippen LogP contribution in [0.3, 0.4) is 0 Å². The molecule has 118 valence electrons. The smallest absolute Gasteiger partial charge is 0.258 e. The lowest BCUT2D eigenvalue weighted by molar-refractivity contribution is -0.385. The lowest BCUT2D eigenvalue weighted by atomic mass is 10.2. The minimum absolute atomic E-state index is 0.0828. The van der Waals surface area contributed by atoms with Crippen LogP contribution in [-0.2, 0) is 28.7 Å². The molecule has 1 heterocycles. The van der Waals surface area contributed by atoms with Gasteiger partial charge in [-0.25, -0.2) is 18.1 Å². The van der Waals surface area contributed by atoms with Gasteiger partial charge in [0.1, 0.15) is 0 Å². The molecule has 1 N–H and O–H groups in total. The van der Waals surface area contributed by atoms with E-state index in [1.54, 1.807) is 11.4 Å². The van der Waals surface area contributed by atoms with Crippen molar-refractivity contribution in [1.82, 2.24) is 9.71 Å². The summed E-state index contributed by atoms with van der Waals surface area (Å²) in [6.45, 7) is 2.06.